The van der Waals surface area contributed by atoms with Gasteiger partial charge >= 0.3 is 0 Å². The van der Waals surface area contributed by atoms with Crippen LogP contribution in [-0.4, -0.2) is 49.6 Å². The highest BCUT2D eigenvalue weighted by atomic mass is 127. The molecule has 7 heteroatoms. The number of nitrogens with two attached hydrogens (primary N) is 1. The van der Waals surface area contributed by atoms with Crippen molar-refractivity contribution in [1.82, 2.24) is 10.2 Å². The molecule has 1 aromatic carbocycles. The normalized spacial score (nSPS) is 17.2. The number of ether oxygens (including phenoxy) is 1. The molecule has 3 N–H and O–H groups in total. The zero-order chi connectivity index (χ0) is 18.8. The van der Waals surface area contributed by atoms with Gasteiger partial charge in [0.05, 0.1) is 6.61 Å². The van der Waals surface area contributed by atoms with E-state index in [0.29, 0.717) is 25.5 Å². The van der Waals surface area contributed by atoms with Crippen molar-refractivity contribution in [2.24, 2.45) is 16.6 Å². The van der Waals surface area contributed by atoms with Gasteiger partial charge in [-0.3, -0.25) is 9.79 Å². The van der Waals surface area contributed by atoms with Gasteiger partial charge in [-0.15, -0.1) is 24.0 Å². The molecule has 0 saturated carbocycles. The van der Waals surface area contributed by atoms with Crippen LogP contribution in [0.4, 0.5) is 0 Å². The molecule has 1 amide bonds. The van der Waals surface area contributed by atoms with Crippen LogP contribution >= 0.6 is 24.0 Å². The molecule has 6 nitrogen and oxygen atoms in total. The predicted molar refractivity (Wildman–Crippen MR) is 121 cm³/mol. The molecule has 0 bridgehead atoms. The molecule has 0 spiro atoms. The second-order valence-corrected chi connectivity index (χ2v) is 6.83. The van der Waals surface area contributed by atoms with E-state index in [1.54, 1.807) is 0 Å². The van der Waals surface area contributed by atoms with Crippen molar-refractivity contribution in [3.05, 3.63) is 29.8 Å². The molecule has 1 aromatic rings. The summed E-state index contributed by atoms with van der Waals surface area (Å²) in [4.78, 5) is 18.2. The van der Waals surface area contributed by atoms with Crippen LogP contribution in [0.2, 0.25) is 0 Å². The number of likely N-dealkylation sites (tertiary alicyclic amines) is 1. The first-order valence-corrected chi connectivity index (χ1v) is 9.60. The first-order chi connectivity index (χ1) is 12.6. The Kier molecular flexibility index (Phi) is 11.2. The van der Waals surface area contributed by atoms with E-state index in [2.05, 4.69) is 30.1 Å². The highest BCUT2D eigenvalue weighted by Gasteiger charge is 2.23. The molecule has 1 atom stereocenters. The largest absolute Gasteiger partial charge is 0.493 e. The van der Waals surface area contributed by atoms with Gasteiger partial charge in [-0.1, -0.05) is 18.2 Å². The van der Waals surface area contributed by atoms with E-state index in [9.17, 15) is 4.79 Å². The van der Waals surface area contributed by atoms with Crippen LogP contribution in [0.5, 0.6) is 5.75 Å². The zero-order valence-corrected chi connectivity index (χ0v) is 18.8. The van der Waals surface area contributed by atoms with Crippen LogP contribution in [0, 0.1) is 12.8 Å². The van der Waals surface area contributed by atoms with E-state index in [0.717, 1.165) is 56.2 Å². The summed E-state index contributed by atoms with van der Waals surface area (Å²) in [6, 6.07) is 8.05. The summed E-state index contributed by atoms with van der Waals surface area (Å²) in [5.41, 5.74) is 6.51. The number of guanidine groups is 1. The fourth-order valence-corrected chi connectivity index (χ4v) is 3.28. The summed E-state index contributed by atoms with van der Waals surface area (Å²) in [5.74, 6) is 1.98. The van der Waals surface area contributed by atoms with Crippen molar-refractivity contribution in [2.45, 2.75) is 39.5 Å². The number of halogens is 1. The van der Waals surface area contributed by atoms with E-state index in [-0.39, 0.29) is 29.9 Å². The van der Waals surface area contributed by atoms with Gasteiger partial charge in [0.15, 0.2) is 5.96 Å². The molecule has 152 valence electrons. The number of piperidine rings is 1. The molecular weight excluding hydrogens is 455 g/mol. The lowest BCUT2D eigenvalue weighted by Crippen LogP contribution is -2.47. The van der Waals surface area contributed by atoms with Gasteiger partial charge in [0.25, 0.3) is 0 Å². The van der Waals surface area contributed by atoms with Gasteiger partial charge < -0.3 is 20.7 Å². The quantitative estimate of drug-likeness (QED) is 0.255. The van der Waals surface area contributed by atoms with E-state index in [1.165, 1.54) is 0 Å². The fourth-order valence-electron chi connectivity index (χ4n) is 3.28. The summed E-state index contributed by atoms with van der Waals surface area (Å²) in [6.45, 7) is 8.13. The number of rotatable bonds is 8. The van der Waals surface area contributed by atoms with Crippen molar-refractivity contribution in [2.75, 3.05) is 32.8 Å². The van der Waals surface area contributed by atoms with Crippen molar-refractivity contribution in [3.63, 3.8) is 0 Å². The molecule has 1 fully saturated rings. The molecule has 0 aliphatic carbocycles. The number of aliphatic imine (C=N–C) groups is 1. The number of carbonyl (C=O) groups is 1. The Morgan fingerprint density at radius 3 is 2.89 bits per heavy atom. The molecule has 1 unspecified atom stereocenters. The second kappa shape index (κ2) is 12.8. The van der Waals surface area contributed by atoms with E-state index < -0.39 is 0 Å². The smallest absolute Gasteiger partial charge is 0.217 e. The molecule has 2 rings (SSSR count). The topological polar surface area (TPSA) is 80.0 Å². The van der Waals surface area contributed by atoms with Crippen LogP contribution in [0.15, 0.2) is 29.3 Å². The maximum absolute atomic E-state index is 11.2. The minimum atomic E-state index is -0.216. The van der Waals surface area contributed by atoms with Crippen molar-refractivity contribution >= 4 is 35.8 Å². The highest BCUT2D eigenvalue weighted by Crippen LogP contribution is 2.19. The van der Waals surface area contributed by atoms with Crippen molar-refractivity contribution in [1.29, 1.82) is 0 Å². The first-order valence-electron chi connectivity index (χ1n) is 9.60. The lowest BCUT2D eigenvalue weighted by atomic mass is 9.95. The Morgan fingerprint density at radius 1 is 1.41 bits per heavy atom. The van der Waals surface area contributed by atoms with Gasteiger partial charge in [0.1, 0.15) is 5.75 Å². The standard InChI is InChI=1S/C20H32N4O2.HI/c1-3-22-20(24-12-6-9-17(15-24)14-19(21)25)23-11-7-13-26-18-10-5-4-8-16(18)2;/h4-5,8,10,17H,3,6-7,9,11-15H2,1-2H3,(H2,21,25)(H,22,23);1H. The van der Waals surface area contributed by atoms with Crippen LogP contribution in [0.1, 0.15) is 38.2 Å². The van der Waals surface area contributed by atoms with E-state index in [4.69, 9.17) is 15.5 Å². The number of amides is 1. The van der Waals surface area contributed by atoms with Crippen LogP contribution < -0.4 is 15.8 Å². The summed E-state index contributed by atoms with van der Waals surface area (Å²) in [7, 11) is 0. The Labute approximate surface area is 179 Å². The predicted octanol–water partition coefficient (Wildman–Crippen LogP) is 2.93. The number of nitrogens with zero attached hydrogens (tertiary/aromatic N) is 2. The number of carbonyl (C=O) groups excluding carboxylic acids is 1. The zero-order valence-electron chi connectivity index (χ0n) is 16.4. The van der Waals surface area contributed by atoms with E-state index >= 15 is 0 Å². The Balaban J connectivity index is 0.00000364. The fraction of sp³-hybridized carbons (Fsp3) is 0.600. The monoisotopic (exact) mass is 488 g/mol. The average Bonchev–Trinajstić information content (AvgIpc) is 2.61. The Morgan fingerprint density at radius 2 is 2.19 bits per heavy atom. The van der Waals surface area contributed by atoms with Crippen LogP contribution in [0.25, 0.3) is 0 Å². The number of hydrogen-bond acceptors (Lipinski definition) is 3. The number of nitrogens with one attached hydrogen (secondary N) is 1. The third-order valence-electron chi connectivity index (χ3n) is 4.56. The summed E-state index contributed by atoms with van der Waals surface area (Å²) < 4.78 is 5.83. The van der Waals surface area contributed by atoms with Crippen molar-refractivity contribution in [3.8, 4) is 5.75 Å². The maximum Gasteiger partial charge on any atom is 0.217 e. The third kappa shape index (κ3) is 8.36. The lowest BCUT2D eigenvalue weighted by Gasteiger charge is -2.34. The van der Waals surface area contributed by atoms with Crippen LogP contribution in [0.3, 0.4) is 0 Å². The SMILES string of the molecule is CCNC(=NCCCOc1ccccc1C)N1CCCC(CC(N)=O)C1.I. The van der Waals surface area contributed by atoms with Crippen LogP contribution in [-0.2, 0) is 4.79 Å². The Bertz CT molecular complexity index is 609. The van der Waals surface area contributed by atoms with E-state index in [1.807, 2.05) is 18.2 Å². The maximum atomic E-state index is 11.2. The minimum absolute atomic E-state index is 0. The third-order valence-corrected chi connectivity index (χ3v) is 4.56. The molecule has 27 heavy (non-hydrogen) atoms. The molecule has 1 saturated heterocycles. The van der Waals surface area contributed by atoms with Gasteiger partial charge in [0.2, 0.25) is 5.91 Å². The number of benzene rings is 1. The van der Waals surface area contributed by atoms with Gasteiger partial charge in [-0.25, -0.2) is 0 Å². The van der Waals surface area contributed by atoms with Crippen molar-refractivity contribution < 1.29 is 9.53 Å². The second-order valence-electron chi connectivity index (χ2n) is 6.83. The summed E-state index contributed by atoms with van der Waals surface area (Å²) in [5, 5.41) is 3.36. The number of para-hydroxylation sites is 1. The van der Waals surface area contributed by atoms with Gasteiger partial charge in [0, 0.05) is 39.0 Å². The van der Waals surface area contributed by atoms with Gasteiger partial charge in [-0.05, 0) is 44.2 Å². The lowest BCUT2D eigenvalue weighted by molar-refractivity contribution is -0.119. The molecular formula is C20H33IN4O2. The number of hydrogen-bond donors (Lipinski definition) is 2. The number of aryl methyl sites for hydroxylation is 1. The number of primary amides is 1. The minimum Gasteiger partial charge on any atom is -0.493 e. The highest BCUT2D eigenvalue weighted by molar-refractivity contribution is 14.0. The Hall–Kier alpha value is -1.51. The molecule has 1 heterocycles. The van der Waals surface area contributed by atoms with Gasteiger partial charge in [-0.2, -0.15) is 0 Å². The molecule has 0 radical (unpaired) electrons. The summed E-state index contributed by atoms with van der Waals surface area (Å²) >= 11 is 0. The molecule has 1 aliphatic heterocycles. The first kappa shape index (κ1) is 23.5. The average molecular weight is 488 g/mol. The summed E-state index contributed by atoms with van der Waals surface area (Å²) in [6.07, 6.45) is 3.45. The molecule has 0 aromatic heterocycles. The molecule has 1 aliphatic rings.